The molecule has 9 aromatic carbocycles. The quantitative estimate of drug-likeness (QED) is 0.0351. The number of aryl methyl sites for hydroxylation is 4. The van der Waals surface area contributed by atoms with Crippen LogP contribution in [-0.2, 0) is 50.3 Å². The standard InChI is InChI=1S/C78H80N4O14/c1-39-29-43(75(5,6)7)17-21-51(39)93-55-33-47-63-48(72(88)81(71(47)87)37-61(85)91-27-25-59(79)83)35-57(95-53-23-19-45(31-41(53)3)77(11,12)13)67-68-58(96-54-24-20-46(32-42(54)4)78(14,15)16)36-50-64-49(73(89)82(74(50)90)38-62(86)92-28-26-60(80)84)34-56(66(70(64)68)65(55)69(63)67)94-52-22-18-44(30-40(52)2)76(8,9)10/h17-24,29-36H,25-28,37-38H2,1-16H3,(H2,79,83)(H2,80,84). The largest absolute Gasteiger partial charge is 0.464 e. The van der Waals surface area contributed by atoms with Gasteiger partial charge in [0.25, 0.3) is 23.6 Å². The Morgan fingerprint density at radius 2 is 0.562 bits per heavy atom. The summed E-state index contributed by atoms with van der Waals surface area (Å²) >= 11 is 0. The summed E-state index contributed by atoms with van der Waals surface area (Å²) in [6.07, 6.45) is -0.607. The van der Waals surface area contributed by atoms with E-state index in [4.69, 9.17) is 39.9 Å². The van der Waals surface area contributed by atoms with E-state index < -0.39 is 73.7 Å². The fraction of sp³-hybridized carbons (Fsp3) is 0.333. The number of benzene rings is 9. The van der Waals surface area contributed by atoms with Crippen molar-refractivity contribution in [2.75, 3.05) is 26.3 Å². The van der Waals surface area contributed by atoms with Gasteiger partial charge in [0, 0.05) is 43.1 Å². The predicted molar refractivity (Wildman–Crippen MR) is 368 cm³/mol. The molecule has 496 valence electrons. The van der Waals surface area contributed by atoms with Gasteiger partial charge >= 0.3 is 11.9 Å². The van der Waals surface area contributed by atoms with Crippen LogP contribution in [0.25, 0.3) is 43.1 Å². The molecule has 0 unspecified atom stereocenters. The van der Waals surface area contributed by atoms with Crippen LogP contribution in [-0.4, -0.2) is 83.5 Å². The molecule has 0 aliphatic carbocycles. The molecular weight excluding hydrogens is 1220 g/mol. The SMILES string of the molecule is Cc1cc(C(C)(C)C)ccc1Oc1cc2c3c(cc(Oc4ccc(C(C)(C)C)cc4C)c4c5c(Oc6ccc(C(C)(C)C)cc6C)cc6c7c(cc(Oc8ccc(C(C)(C)C)cc8C)c(c1c34)c75)C(=O)N(CC(=O)OCCC(N)=O)C6=O)C(=O)N(CC(=O)OCCC(N)=O)C2=O. The summed E-state index contributed by atoms with van der Waals surface area (Å²) in [7, 11) is 0. The third-order valence-electron chi connectivity index (χ3n) is 17.9. The molecule has 0 radical (unpaired) electrons. The topological polar surface area (TPSA) is 250 Å². The first-order valence-electron chi connectivity index (χ1n) is 32.0. The Kier molecular flexibility index (Phi) is 17.1. The molecule has 0 atom stereocenters. The van der Waals surface area contributed by atoms with Crippen molar-refractivity contribution in [2.24, 2.45) is 11.5 Å². The average Bonchev–Trinajstić information content (AvgIpc) is 0.673. The van der Waals surface area contributed by atoms with Gasteiger partial charge in [0.05, 0.1) is 35.1 Å². The second kappa shape index (κ2) is 24.4. The Morgan fingerprint density at radius 1 is 0.333 bits per heavy atom. The van der Waals surface area contributed by atoms with Crippen molar-refractivity contribution in [1.82, 2.24) is 9.80 Å². The van der Waals surface area contributed by atoms with Crippen molar-refractivity contribution in [2.45, 2.75) is 145 Å². The van der Waals surface area contributed by atoms with Gasteiger partial charge in [-0.05, 0) is 142 Å². The molecule has 9 aromatic rings. The molecule has 2 aliphatic rings. The maximum absolute atomic E-state index is 15.7. The van der Waals surface area contributed by atoms with Crippen LogP contribution < -0.4 is 30.4 Å². The lowest BCUT2D eigenvalue weighted by molar-refractivity contribution is -0.145. The number of carbonyl (C=O) groups is 8. The molecule has 96 heavy (non-hydrogen) atoms. The van der Waals surface area contributed by atoms with Crippen LogP contribution in [0.1, 0.15) is 182 Å². The van der Waals surface area contributed by atoms with Gasteiger partial charge in [-0.2, -0.15) is 0 Å². The van der Waals surface area contributed by atoms with Crippen molar-refractivity contribution >= 4 is 90.5 Å². The van der Waals surface area contributed by atoms with E-state index >= 15 is 19.2 Å². The number of primary amides is 2. The van der Waals surface area contributed by atoms with Crippen LogP contribution in [0.4, 0.5) is 0 Å². The van der Waals surface area contributed by atoms with E-state index in [1.807, 2.05) is 100 Å². The zero-order valence-electron chi connectivity index (χ0n) is 57.2. The van der Waals surface area contributed by atoms with E-state index in [2.05, 4.69) is 83.1 Å². The molecule has 0 saturated carbocycles. The minimum absolute atomic E-state index is 0.0479. The number of esters is 2. The number of amides is 6. The summed E-state index contributed by atoms with van der Waals surface area (Å²) in [6, 6.07) is 29.3. The van der Waals surface area contributed by atoms with Crippen LogP contribution >= 0.6 is 0 Å². The van der Waals surface area contributed by atoms with Crippen molar-refractivity contribution in [3.8, 4) is 46.0 Å². The Morgan fingerprint density at radius 3 is 0.760 bits per heavy atom. The molecular formula is C78H80N4O14. The summed E-state index contributed by atoms with van der Waals surface area (Å²) in [4.78, 5) is 115. The number of nitrogens with zero attached hydrogens (tertiary/aromatic N) is 2. The molecule has 2 aliphatic heterocycles. The van der Waals surface area contributed by atoms with E-state index in [1.165, 1.54) is 24.3 Å². The Bertz CT molecular complexity index is 4280. The van der Waals surface area contributed by atoms with Crippen molar-refractivity contribution < 1.29 is 66.8 Å². The van der Waals surface area contributed by atoms with Gasteiger partial charge in [0.2, 0.25) is 11.8 Å². The smallest absolute Gasteiger partial charge is 0.326 e. The second-order valence-electron chi connectivity index (χ2n) is 29.3. The average molecular weight is 1300 g/mol. The lowest BCUT2D eigenvalue weighted by Gasteiger charge is -2.32. The normalized spacial score (nSPS) is 13.5. The van der Waals surface area contributed by atoms with Crippen molar-refractivity contribution in [3.63, 3.8) is 0 Å². The maximum atomic E-state index is 15.7. The Balaban J connectivity index is 1.35. The fourth-order valence-corrected chi connectivity index (χ4v) is 12.5. The van der Waals surface area contributed by atoms with Crippen molar-refractivity contribution in [3.05, 3.63) is 164 Å². The number of hydrogen-bond donors (Lipinski definition) is 2. The second-order valence-corrected chi connectivity index (χ2v) is 29.3. The molecule has 0 spiro atoms. The number of carbonyl (C=O) groups excluding carboxylic acids is 8. The number of rotatable bonds is 18. The van der Waals surface area contributed by atoms with E-state index in [0.29, 0.717) is 45.3 Å². The van der Waals surface area contributed by atoms with E-state index in [0.717, 1.165) is 32.1 Å². The summed E-state index contributed by atoms with van der Waals surface area (Å²) in [6.45, 7) is 30.2. The fourth-order valence-electron chi connectivity index (χ4n) is 12.5. The number of fused-ring (bicyclic) bond motifs is 2. The third-order valence-corrected chi connectivity index (χ3v) is 17.9. The van der Waals surface area contributed by atoms with Crippen LogP contribution in [0.3, 0.4) is 0 Å². The zero-order chi connectivity index (χ0) is 69.7. The molecule has 11 rings (SSSR count). The molecule has 4 N–H and O–H groups in total. The van der Waals surface area contributed by atoms with Gasteiger partial charge in [-0.3, -0.25) is 48.2 Å². The highest BCUT2D eigenvalue weighted by atomic mass is 16.5. The summed E-state index contributed by atoms with van der Waals surface area (Å²) in [5.74, 6) is -5.30. The summed E-state index contributed by atoms with van der Waals surface area (Å²) in [5, 5.41) is 1.76. The molecule has 2 heterocycles. The van der Waals surface area contributed by atoms with Crippen molar-refractivity contribution in [1.29, 1.82) is 0 Å². The monoisotopic (exact) mass is 1300 g/mol. The van der Waals surface area contributed by atoms with E-state index in [1.54, 1.807) is 0 Å². The Labute approximate surface area is 557 Å². The van der Waals surface area contributed by atoms with Crippen LogP contribution in [0.5, 0.6) is 46.0 Å². The minimum Gasteiger partial charge on any atom is -0.464 e. The molecule has 18 nitrogen and oxygen atoms in total. The van der Waals surface area contributed by atoms with Gasteiger partial charge < -0.3 is 39.9 Å². The minimum atomic E-state index is -0.986. The zero-order valence-corrected chi connectivity index (χ0v) is 57.2. The number of imide groups is 2. The number of nitrogens with two attached hydrogens (primary N) is 2. The molecule has 18 heteroatoms. The third kappa shape index (κ3) is 12.5. The number of ether oxygens (including phenoxy) is 6. The van der Waals surface area contributed by atoms with Gasteiger partial charge in [0.1, 0.15) is 72.3 Å². The molecule has 0 aromatic heterocycles. The van der Waals surface area contributed by atoms with E-state index in [9.17, 15) is 19.2 Å². The first-order chi connectivity index (χ1) is 44.9. The highest BCUT2D eigenvalue weighted by Crippen LogP contribution is 2.58. The van der Waals surface area contributed by atoms with Gasteiger partial charge in [-0.15, -0.1) is 0 Å². The summed E-state index contributed by atoms with van der Waals surface area (Å²) < 4.78 is 40.0. The molecule has 0 bridgehead atoms. The molecule has 0 fully saturated rings. The highest BCUT2D eigenvalue weighted by molar-refractivity contribution is 6.45. The van der Waals surface area contributed by atoms with Crippen LogP contribution in [0, 0.1) is 27.7 Å². The number of hydrogen-bond acceptors (Lipinski definition) is 14. The predicted octanol–water partition coefficient (Wildman–Crippen LogP) is 15.4. The van der Waals surface area contributed by atoms with Gasteiger partial charge in [-0.25, -0.2) is 0 Å². The lowest BCUT2D eigenvalue weighted by atomic mass is 9.80. The van der Waals surface area contributed by atoms with E-state index in [-0.39, 0.29) is 123 Å². The van der Waals surface area contributed by atoms with Crippen LogP contribution in [0.2, 0.25) is 0 Å². The molecule has 6 amide bonds. The maximum Gasteiger partial charge on any atom is 0.326 e. The molecule has 0 saturated heterocycles. The first-order valence-corrected chi connectivity index (χ1v) is 32.0. The first kappa shape index (κ1) is 67.1. The Hall–Kier alpha value is -10.4. The summed E-state index contributed by atoms with van der Waals surface area (Å²) in [5.41, 5.74) is 16.3. The highest BCUT2D eigenvalue weighted by Gasteiger charge is 2.43. The van der Waals surface area contributed by atoms with Crippen LogP contribution in [0.15, 0.2) is 97.1 Å². The van der Waals surface area contributed by atoms with Gasteiger partial charge in [-0.1, -0.05) is 132 Å². The lowest BCUT2D eigenvalue weighted by Crippen LogP contribution is -2.44. The van der Waals surface area contributed by atoms with Gasteiger partial charge in [0.15, 0.2) is 0 Å².